The number of hydrogen-bond donors (Lipinski definition) is 5. The summed E-state index contributed by atoms with van der Waals surface area (Å²) in [5.74, 6) is -0.795. The van der Waals surface area contributed by atoms with Crippen LogP contribution in [0.2, 0.25) is 6.32 Å². The van der Waals surface area contributed by atoms with E-state index in [9.17, 15) is 4.79 Å². The molecule has 0 heterocycles. The summed E-state index contributed by atoms with van der Waals surface area (Å²) in [5.41, 5.74) is 10.3. The van der Waals surface area contributed by atoms with Gasteiger partial charge in [0.25, 0.3) is 0 Å². The summed E-state index contributed by atoms with van der Waals surface area (Å²) in [4.78, 5) is 11.2. The monoisotopic (exact) mass is 244 g/mol. The number of carbonyl (C=O) groups is 1. The normalized spacial score (nSPS) is 33.4. The molecule has 1 aliphatic carbocycles. The third kappa shape index (κ3) is 3.95. The van der Waals surface area contributed by atoms with E-state index in [1.165, 1.54) is 0 Å². The molecule has 0 aromatic heterocycles. The molecule has 1 unspecified atom stereocenters. The number of rotatable bonds is 5. The molecule has 0 amide bonds. The standard InChI is InChI=1S/C10H21BN2O4/c12-6-8-3-7(1-2-11(16)17)4-10(13,5-8)9(14)15/h7-8,16-17H,1-6,12-13H2,(H,14,15)/t7-,8-,10?/m0/s1. The van der Waals surface area contributed by atoms with Crippen LogP contribution in [0.1, 0.15) is 25.7 Å². The van der Waals surface area contributed by atoms with E-state index in [4.69, 9.17) is 26.6 Å². The lowest BCUT2D eigenvalue weighted by molar-refractivity contribution is -0.146. The zero-order valence-electron chi connectivity index (χ0n) is 9.88. The van der Waals surface area contributed by atoms with Crippen molar-refractivity contribution in [3.05, 3.63) is 0 Å². The van der Waals surface area contributed by atoms with Crippen LogP contribution in [-0.4, -0.2) is 40.3 Å². The van der Waals surface area contributed by atoms with Crippen LogP contribution in [0.5, 0.6) is 0 Å². The second kappa shape index (κ2) is 5.81. The Labute approximate surface area is 101 Å². The molecule has 0 bridgehead atoms. The molecule has 3 atom stereocenters. The van der Waals surface area contributed by atoms with Crippen LogP contribution in [0.4, 0.5) is 0 Å². The molecule has 0 radical (unpaired) electrons. The quantitative estimate of drug-likeness (QED) is 0.394. The summed E-state index contributed by atoms with van der Waals surface area (Å²) in [6.07, 6.45) is 2.41. The van der Waals surface area contributed by atoms with E-state index >= 15 is 0 Å². The molecule has 17 heavy (non-hydrogen) atoms. The van der Waals surface area contributed by atoms with Crippen LogP contribution < -0.4 is 11.5 Å². The van der Waals surface area contributed by atoms with Gasteiger partial charge in [0, 0.05) is 0 Å². The summed E-state index contributed by atoms with van der Waals surface area (Å²) in [7, 11) is -1.34. The molecule has 7 heteroatoms. The highest BCUT2D eigenvalue weighted by molar-refractivity contribution is 6.40. The van der Waals surface area contributed by atoms with Crippen molar-refractivity contribution in [2.45, 2.75) is 37.5 Å². The first-order valence-electron chi connectivity index (χ1n) is 5.96. The maximum Gasteiger partial charge on any atom is 0.451 e. The van der Waals surface area contributed by atoms with Gasteiger partial charge >= 0.3 is 13.1 Å². The van der Waals surface area contributed by atoms with Crippen LogP contribution in [0, 0.1) is 11.8 Å². The Balaban J connectivity index is 2.63. The fourth-order valence-corrected chi connectivity index (χ4v) is 2.71. The van der Waals surface area contributed by atoms with Gasteiger partial charge in [0.2, 0.25) is 0 Å². The number of carboxylic acids is 1. The first kappa shape index (κ1) is 14.4. The van der Waals surface area contributed by atoms with E-state index in [0.29, 0.717) is 25.8 Å². The third-order valence-electron chi connectivity index (χ3n) is 3.56. The predicted molar refractivity (Wildman–Crippen MR) is 64.1 cm³/mol. The SMILES string of the molecule is NC[C@H]1C[C@H](CCB(O)O)CC(N)(C(=O)O)C1. The number of aliphatic carboxylic acids is 1. The van der Waals surface area contributed by atoms with E-state index in [1.807, 2.05) is 0 Å². The fraction of sp³-hybridized carbons (Fsp3) is 0.900. The number of hydrogen-bond acceptors (Lipinski definition) is 5. The first-order chi connectivity index (χ1) is 7.87. The largest absolute Gasteiger partial charge is 0.480 e. The zero-order valence-corrected chi connectivity index (χ0v) is 9.88. The minimum absolute atomic E-state index is 0.0974. The van der Waals surface area contributed by atoms with Crippen molar-refractivity contribution in [1.82, 2.24) is 0 Å². The Bertz CT molecular complexity index is 277. The lowest BCUT2D eigenvalue weighted by Crippen LogP contribution is -2.54. The second-order valence-electron chi connectivity index (χ2n) is 5.13. The summed E-state index contributed by atoms with van der Waals surface area (Å²) < 4.78 is 0. The van der Waals surface area contributed by atoms with Gasteiger partial charge in [0.05, 0.1) is 0 Å². The van der Waals surface area contributed by atoms with Gasteiger partial charge in [-0.25, -0.2) is 0 Å². The molecule has 1 aliphatic rings. The highest BCUT2D eigenvalue weighted by atomic mass is 16.4. The summed E-state index contributed by atoms with van der Waals surface area (Å²) in [6.45, 7) is 0.421. The first-order valence-corrected chi connectivity index (χ1v) is 5.96. The van der Waals surface area contributed by atoms with Gasteiger partial charge in [0.1, 0.15) is 5.54 Å². The van der Waals surface area contributed by atoms with Crippen molar-refractivity contribution in [1.29, 1.82) is 0 Å². The minimum atomic E-state index is -1.34. The molecule has 98 valence electrons. The summed E-state index contributed by atoms with van der Waals surface area (Å²) in [5, 5.41) is 26.8. The minimum Gasteiger partial charge on any atom is -0.480 e. The van der Waals surface area contributed by atoms with E-state index in [0.717, 1.165) is 6.42 Å². The predicted octanol–water partition coefficient (Wildman–Crippen LogP) is -0.994. The molecule has 1 fully saturated rings. The van der Waals surface area contributed by atoms with Gasteiger partial charge in [-0.05, 0) is 44.0 Å². The molecular formula is C10H21BN2O4. The Hall–Kier alpha value is -0.625. The fourth-order valence-electron chi connectivity index (χ4n) is 2.71. The number of carboxylic acid groups (broad SMARTS) is 1. The molecular weight excluding hydrogens is 223 g/mol. The van der Waals surface area contributed by atoms with E-state index in [2.05, 4.69) is 0 Å². The van der Waals surface area contributed by atoms with E-state index in [1.54, 1.807) is 0 Å². The molecule has 1 rings (SSSR count). The third-order valence-corrected chi connectivity index (χ3v) is 3.56. The van der Waals surface area contributed by atoms with Gasteiger partial charge in [-0.2, -0.15) is 0 Å². The van der Waals surface area contributed by atoms with Crippen molar-refractivity contribution in [3.63, 3.8) is 0 Å². The maximum atomic E-state index is 11.2. The Morgan fingerprint density at radius 1 is 1.35 bits per heavy atom. The Kier molecular flexibility index (Phi) is 4.94. The van der Waals surface area contributed by atoms with Crippen molar-refractivity contribution < 1.29 is 19.9 Å². The van der Waals surface area contributed by atoms with Gasteiger partial charge < -0.3 is 26.6 Å². The molecule has 0 aliphatic heterocycles. The molecule has 7 N–H and O–H groups in total. The van der Waals surface area contributed by atoms with Crippen LogP contribution in [0.3, 0.4) is 0 Å². The van der Waals surface area contributed by atoms with Crippen molar-refractivity contribution in [3.8, 4) is 0 Å². The summed E-state index contributed by atoms with van der Waals surface area (Å²) in [6, 6.07) is 0. The number of nitrogens with two attached hydrogens (primary N) is 2. The molecule has 0 saturated heterocycles. The van der Waals surface area contributed by atoms with Crippen molar-refractivity contribution in [2.24, 2.45) is 23.3 Å². The molecule has 6 nitrogen and oxygen atoms in total. The van der Waals surface area contributed by atoms with Crippen molar-refractivity contribution >= 4 is 13.1 Å². The van der Waals surface area contributed by atoms with Gasteiger partial charge in [-0.1, -0.05) is 6.42 Å². The molecule has 1 saturated carbocycles. The smallest absolute Gasteiger partial charge is 0.451 e. The summed E-state index contributed by atoms with van der Waals surface area (Å²) >= 11 is 0. The molecule has 0 spiro atoms. The topological polar surface area (TPSA) is 130 Å². The average molecular weight is 244 g/mol. The van der Waals surface area contributed by atoms with Crippen LogP contribution in [-0.2, 0) is 4.79 Å². The van der Waals surface area contributed by atoms with Gasteiger partial charge in [0.15, 0.2) is 0 Å². The van der Waals surface area contributed by atoms with Crippen LogP contribution >= 0.6 is 0 Å². The van der Waals surface area contributed by atoms with Crippen LogP contribution in [0.25, 0.3) is 0 Å². The molecule has 0 aromatic carbocycles. The highest BCUT2D eigenvalue weighted by Gasteiger charge is 2.42. The zero-order chi connectivity index (χ0) is 13.1. The van der Waals surface area contributed by atoms with Gasteiger partial charge in [-0.15, -0.1) is 0 Å². The molecule has 0 aromatic rings. The Morgan fingerprint density at radius 3 is 2.41 bits per heavy atom. The highest BCUT2D eigenvalue weighted by Crippen LogP contribution is 2.37. The maximum absolute atomic E-state index is 11.2. The average Bonchev–Trinajstić information content (AvgIpc) is 2.25. The lowest BCUT2D eigenvalue weighted by Gasteiger charge is -2.39. The second-order valence-corrected chi connectivity index (χ2v) is 5.13. The van der Waals surface area contributed by atoms with Crippen molar-refractivity contribution in [2.75, 3.05) is 6.54 Å². The van der Waals surface area contributed by atoms with E-state index in [-0.39, 0.29) is 18.2 Å². The Morgan fingerprint density at radius 2 is 1.94 bits per heavy atom. The van der Waals surface area contributed by atoms with Crippen LogP contribution in [0.15, 0.2) is 0 Å². The van der Waals surface area contributed by atoms with Gasteiger partial charge in [-0.3, -0.25) is 4.79 Å². The lowest BCUT2D eigenvalue weighted by atomic mass is 9.67. The van der Waals surface area contributed by atoms with E-state index < -0.39 is 18.6 Å².